The highest BCUT2D eigenvalue weighted by atomic mass is 14.9. The van der Waals surface area contributed by atoms with Crippen molar-refractivity contribution in [3.8, 4) is 0 Å². The van der Waals surface area contributed by atoms with E-state index in [-0.39, 0.29) is 0 Å². The molecule has 0 aliphatic rings. The summed E-state index contributed by atoms with van der Waals surface area (Å²) in [6.07, 6.45) is 3.63. The summed E-state index contributed by atoms with van der Waals surface area (Å²) in [4.78, 5) is 0. The lowest BCUT2D eigenvalue weighted by Gasteiger charge is -2.10. The first-order valence-corrected chi connectivity index (χ1v) is 5.60. The topological polar surface area (TPSA) is 12.0 Å². The van der Waals surface area contributed by atoms with Gasteiger partial charge in [-0.3, -0.25) is 0 Å². The molecule has 0 saturated heterocycles. The molecule has 0 unspecified atom stereocenters. The molecule has 0 saturated carbocycles. The van der Waals surface area contributed by atoms with Crippen LogP contribution in [0.15, 0.2) is 30.3 Å². The van der Waals surface area contributed by atoms with Gasteiger partial charge in [0.25, 0.3) is 0 Å². The average Bonchev–Trinajstić information content (AvgIpc) is 2.25. The van der Waals surface area contributed by atoms with Crippen LogP contribution in [0.2, 0.25) is 0 Å². The number of hydrogen-bond acceptors (Lipinski definition) is 1. The number of nitrogens with one attached hydrogen (secondary N) is 1. The molecular formula is C13H21N. The fraction of sp³-hybridized carbons (Fsp3) is 0.538. The van der Waals surface area contributed by atoms with Gasteiger partial charge in [-0.2, -0.15) is 0 Å². The maximum Gasteiger partial charge on any atom is 0.00361 e. The smallest absolute Gasteiger partial charge is 0.00361 e. The zero-order chi connectivity index (χ0) is 10.2. The lowest BCUT2D eigenvalue weighted by molar-refractivity contribution is 0.524. The molecule has 0 aliphatic heterocycles. The van der Waals surface area contributed by atoms with Crippen LogP contribution < -0.4 is 5.32 Å². The van der Waals surface area contributed by atoms with Gasteiger partial charge in [0.2, 0.25) is 0 Å². The largest absolute Gasteiger partial charge is 0.314 e. The average molecular weight is 191 g/mol. The van der Waals surface area contributed by atoms with Crippen molar-refractivity contribution in [1.29, 1.82) is 0 Å². The van der Waals surface area contributed by atoms with Gasteiger partial charge in [0.15, 0.2) is 0 Å². The molecule has 1 rings (SSSR count). The molecule has 14 heavy (non-hydrogen) atoms. The Balaban J connectivity index is 2.10. The zero-order valence-corrected chi connectivity index (χ0v) is 9.29. The highest BCUT2D eigenvalue weighted by Crippen LogP contribution is 2.01. The van der Waals surface area contributed by atoms with Gasteiger partial charge in [0.05, 0.1) is 0 Å². The van der Waals surface area contributed by atoms with Crippen molar-refractivity contribution in [1.82, 2.24) is 5.32 Å². The Kier molecular flexibility index (Phi) is 5.31. The van der Waals surface area contributed by atoms with Crippen LogP contribution in [0.25, 0.3) is 0 Å². The van der Waals surface area contributed by atoms with E-state index in [1.165, 1.54) is 24.8 Å². The van der Waals surface area contributed by atoms with E-state index in [0.717, 1.165) is 6.54 Å². The van der Waals surface area contributed by atoms with Crippen molar-refractivity contribution in [3.05, 3.63) is 35.9 Å². The fourth-order valence-electron chi connectivity index (χ4n) is 1.43. The van der Waals surface area contributed by atoms with Gasteiger partial charge in [-0.25, -0.2) is 0 Å². The van der Waals surface area contributed by atoms with Crippen molar-refractivity contribution < 1.29 is 0 Å². The molecule has 1 N–H and O–H groups in total. The minimum atomic E-state index is 0.658. The molecule has 0 aliphatic carbocycles. The summed E-state index contributed by atoms with van der Waals surface area (Å²) < 4.78 is 0. The predicted molar refractivity (Wildman–Crippen MR) is 62.5 cm³/mol. The number of aryl methyl sites for hydroxylation is 1. The second-order valence-corrected chi connectivity index (χ2v) is 3.85. The molecule has 0 radical (unpaired) electrons. The normalized spacial score (nSPS) is 12.7. The van der Waals surface area contributed by atoms with Gasteiger partial charge < -0.3 is 5.32 Å². The first-order chi connectivity index (χ1) is 6.83. The summed E-state index contributed by atoms with van der Waals surface area (Å²) in [5.74, 6) is 0. The van der Waals surface area contributed by atoms with Crippen molar-refractivity contribution >= 4 is 0 Å². The van der Waals surface area contributed by atoms with Crippen LogP contribution in [0.4, 0.5) is 0 Å². The zero-order valence-electron chi connectivity index (χ0n) is 9.29. The van der Waals surface area contributed by atoms with Crippen LogP contribution in [0.5, 0.6) is 0 Å². The van der Waals surface area contributed by atoms with Gasteiger partial charge in [-0.05, 0) is 38.3 Å². The quantitative estimate of drug-likeness (QED) is 0.682. The molecule has 78 valence electrons. The summed E-state index contributed by atoms with van der Waals surface area (Å²) >= 11 is 0. The Bertz CT molecular complexity index is 230. The number of rotatable bonds is 6. The fourth-order valence-corrected chi connectivity index (χ4v) is 1.43. The molecule has 0 amide bonds. The molecule has 1 atom stereocenters. The minimum Gasteiger partial charge on any atom is -0.314 e. The van der Waals surface area contributed by atoms with E-state index in [0.29, 0.717) is 6.04 Å². The summed E-state index contributed by atoms with van der Waals surface area (Å²) in [5.41, 5.74) is 1.44. The summed E-state index contributed by atoms with van der Waals surface area (Å²) in [7, 11) is 0. The minimum absolute atomic E-state index is 0.658. The predicted octanol–water partition coefficient (Wildman–Crippen LogP) is 3.01. The third kappa shape index (κ3) is 4.43. The SMILES string of the molecule is CC[C@@H](C)NCCCc1ccccc1. The Morgan fingerprint density at radius 2 is 1.93 bits per heavy atom. The van der Waals surface area contributed by atoms with Gasteiger partial charge >= 0.3 is 0 Å². The van der Waals surface area contributed by atoms with E-state index in [4.69, 9.17) is 0 Å². The van der Waals surface area contributed by atoms with Crippen molar-refractivity contribution in [2.75, 3.05) is 6.54 Å². The Hall–Kier alpha value is -0.820. The Morgan fingerprint density at radius 1 is 1.21 bits per heavy atom. The summed E-state index contributed by atoms with van der Waals surface area (Å²) in [6.45, 7) is 5.58. The first-order valence-electron chi connectivity index (χ1n) is 5.60. The monoisotopic (exact) mass is 191 g/mol. The van der Waals surface area contributed by atoms with Crippen LogP contribution in [0, 0.1) is 0 Å². The van der Waals surface area contributed by atoms with Crippen LogP contribution in [-0.2, 0) is 6.42 Å². The van der Waals surface area contributed by atoms with E-state index >= 15 is 0 Å². The molecular weight excluding hydrogens is 170 g/mol. The molecule has 0 spiro atoms. The lowest BCUT2D eigenvalue weighted by Crippen LogP contribution is -2.26. The maximum absolute atomic E-state index is 3.50. The second-order valence-electron chi connectivity index (χ2n) is 3.85. The summed E-state index contributed by atoms with van der Waals surface area (Å²) in [6, 6.07) is 11.3. The van der Waals surface area contributed by atoms with Crippen LogP contribution in [-0.4, -0.2) is 12.6 Å². The molecule has 0 bridgehead atoms. The Morgan fingerprint density at radius 3 is 2.57 bits per heavy atom. The van der Waals surface area contributed by atoms with Gasteiger partial charge in [-0.15, -0.1) is 0 Å². The summed E-state index contributed by atoms with van der Waals surface area (Å²) in [5, 5.41) is 3.50. The Labute approximate surface area is 87.5 Å². The molecule has 0 heterocycles. The van der Waals surface area contributed by atoms with E-state index in [1.54, 1.807) is 0 Å². The highest BCUT2D eigenvalue weighted by Gasteiger charge is 1.96. The second kappa shape index (κ2) is 6.61. The van der Waals surface area contributed by atoms with E-state index in [2.05, 4.69) is 49.5 Å². The molecule has 1 heteroatoms. The molecule has 1 aromatic carbocycles. The van der Waals surface area contributed by atoms with Gasteiger partial charge in [-0.1, -0.05) is 37.3 Å². The third-order valence-electron chi connectivity index (χ3n) is 2.59. The number of benzene rings is 1. The van der Waals surface area contributed by atoms with Gasteiger partial charge in [0, 0.05) is 6.04 Å². The van der Waals surface area contributed by atoms with Crippen LogP contribution in [0.3, 0.4) is 0 Å². The van der Waals surface area contributed by atoms with Gasteiger partial charge in [0.1, 0.15) is 0 Å². The van der Waals surface area contributed by atoms with Crippen molar-refractivity contribution in [2.24, 2.45) is 0 Å². The van der Waals surface area contributed by atoms with Crippen molar-refractivity contribution in [2.45, 2.75) is 39.2 Å². The van der Waals surface area contributed by atoms with E-state index < -0.39 is 0 Å². The number of hydrogen-bond donors (Lipinski definition) is 1. The van der Waals surface area contributed by atoms with Crippen LogP contribution in [0.1, 0.15) is 32.3 Å². The highest BCUT2D eigenvalue weighted by molar-refractivity contribution is 5.14. The molecule has 0 aromatic heterocycles. The van der Waals surface area contributed by atoms with Crippen LogP contribution >= 0.6 is 0 Å². The molecule has 0 fully saturated rings. The third-order valence-corrected chi connectivity index (χ3v) is 2.59. The molecule has 1 aromatic rings. The van der Waals surface area contributed by atoms with Crippen molar-refractivity contribution in [3.63, 3.8) is 0 Å². The maximum atomic E-state index is 3.50. The molecule has 1 nitrogen and oxygen atoms in total. The van der Waals surface area contributed by atoms with E-state index in [1.807, 2.05) is 0 Å². The van der Waals surface area contributed by atoms with E-state index in [9.17, 15) is 0 Å². The standard InChI is InChI=1S/C13H21N/c1-3-12(2)14-11-7-10-13-8-5-4-6-9-13/h4-6,8-9,12,14H,3,7,10-11H2,1-2H3/t12-/m1/s1. The first kappa shape index (κ1) is 11.3. The lowest BCUT2D eigenvalue weighted by atomic mass is 10.1.